The maximum absolute atomic E-state index is 14.1. The fraction of sp³-hybridized carbons (Fsp3) is 0.455. The van der Waals surface area contributed by atoms with Crippen LogP contribution in [0.25, 0.3) is 0 Å². The first-order chi connectivity index (χ1) is 12.7. The molecule has 1 saturated heterocycles. The molecule has 2 aromatic rings. The zero-order valence-electron chi connectivity index (χ0n) is 15.4. The third-order valence-corrected chi connectivity index (χ3v) is 5.84. The van der Waals surface area contributed by atoms with Gasteiger partial charge in [0, 0.05) is 36.8 Å². The minimum absolute atomic E-state index is 0.198. The average molecular weight is 354 g/mol. The first-order valence-electron chi connectivity index (χ1n) is 9.59. The Morgan fingerprint density at radius 2 is 1.92 bits per heavy atom. The van der Waals surface area contributed by atoms with Crippen molar-refractivity contribution < 1.29 is 9.13 Å². The second kappa shape index (κ2) is 7.77. The molecule has 2 aliphatic rings. The van der Waals surface area contributed by atoms with Crippen LogP contribution >= 0.6 is 0 Å². The number of rotatable bonds is 5. The smallest absolute Gasteiger partial charge is 0.131 e. The van der Waals surface area contributed by atoms with Crippen LogP contribution in [0.2, 0.25) is 0 Å². The highest BCUT2D eigenvalue weighted by Crippen LogP contribution is 2.27. The van der Waals surface area contributed by atoms with Gasteiger partial charge in [-0.3, -0.25) is 4.90 Å². The average Bonchev–Trinajstić information content (AvgIpc) is 3.11. The minimum atomic E-state index is -0.198. The summed E-state index contributed by atoms with van der Waals surface area (Å²) < 4.78 is 19.2. The molecule has 4 rings (SSSR count). The number of piperidine rings is 1. The summed E-state index contributed by atoms with van der Waals surface area (Å²) >= 11 is 0. The lowest BCUT2D eigenvalue weighted by Gasteiger charge is -2.37. The molecule has 0 radical (unpaired) electrons. The lowest BCUT2D eigenvalue weighted by Crippen LogP contribution is -2.49. The van der Waals surface area contributed by atoms with Gasteiger partial charge in [-0.25, -0.2) is 4.39 Å². The normalized spacial score (nSPS) is 20.9. The number of nitrogens with zero attached hydrogens (tertiary/aromatic N) is 1. The van der Waals surface area contributed by atoms with E-state index in [2.05, 4.69) is 34.5 Å². The quantitative estimate of drug-likeness (QED) is 0.889. The van der Waals surface area contributed by atoms with E-state index in [4.69, 9.17) is 4.74 Å². The van der Waals surface area contributed by atoms with Gasteiger partial charge < -0.3 is 10.1 Å². The highest BCUT2D eigenvalue weighted by molar-refractivity contribution is 5.33. The van der Waals surface area contributed by atoms with Gasteiger partial charge in [0.15, 0.2) is 0 Å². The Kier molecular flexibility index (Phi) is 5.23. The molecule has 1 atom stereocenters. The van der Waals surface area contributed by atoms with Crippen LogP contribution < -0.4 is 10.1 Å². The number of fused-ring (bicyclic) bond motifs is 1. The van der Waals surface area contributed by atoms with Crippen molar-refractivity contribution in [3.05, 3.63) is 65.0 Å². The first-order valence-corrected chi connectivity index (χ1v) is 9.59. The number of ether oxygens (including phenoxy) is 1. The van der Waals surface area contributed by atoms with Crippen LogP contribution in [0.3, 0.4) is 0 Å². The van der Waals surface area contributed by atoms with Gasteiger partial charge in [-0.1, -0.05) is 30.3 Å². The van der Waals surface area contributed by atoms with Crippen molar-refractivity contribution in [2.24, 2.45) is 0 Å². The molecule has 1 N–H and O–H groups in total. The van der Waals surface area contributed by atoms with Crippen molar-refractivity contribution in [2.75, 3.05) is 20.2 Å². The van der Waals surface area contributed by atoms with E-state index in [1.165, 1.54) is 30.2 Å². The van der Waals surface area contributed by atoms with Crippen LogP contribution in [-0.2, 0) is 19.4 Å². The third kappa shape index (κ3) is 3.76. The summed E-state index contributed by atoms with van der Waals surface area (Å²) in [6, 6.07) is 15.0. The number of benzene rings is 2. The van der Waals surface area contributed by atoms with Gasteiger partial charge in [0.2, 0.25) is 0 Å². The van der Waals surface area contributed by atoms with Gasteiger partial charge in [0.05, 0.1) is 7.11 Å². The number of hydrogen-bond donors (Lipinski definition) is 1. The van der Waals surface area contributed by atoms with E-state index < -0.39 is 0 Å². The minimum Gasteiger partial charge on any atom is -0.497 e. The molecule has 4 heteroatoms. The molecule has 138 valence electrons. The third-order valence-electron chi connectivity index (χ3n) is 5.84. The summed E-state index contributed by atoms with van der Waals surface area (Å²) in [5.74, 6) is 0.367. The van der Waals surface area contributed by atoms with Crippen molar-refractivity contribution in [1.82, 2.24) is 10.2 Å². The van der Waals surface area contributed by atoms with Crippen molar-refractivity contribution in [2.45, 2.75) is 44.3 Å². The SMILES string of the molecule is COc1ccc(CNC2CCCN(C3Cc4ccccc4C3)C2)c(F)c1. The summed E-state index contributed by atoms with van der Waals surface area (Å²) in [6.45, 7) is 2.80. The van der Waals surface area contributed by atoms with Crippen LogP contribution in [-0.4, -0.2) is 37.2 Å². The van der Waals surface area contributed by atoms with E-state index in [1.54, 1.807) is 7.11 Å². The number of hydrogen-bond acceptors (Lipinski definition) is 3. The van der Waals surface area contributed by atoms with E-state index in [-0.39, 0.29) is 5.82 Å². The first kappa shape index (κ1) is 17.5. The second-order valence-corrected chi connectivity index (χ2v) is 7.50. The Bertz CT molecular complexity index is 739. The van der Waals surface area contributed by atoms with Crippen LogP contribution in [0, 0.1) is 5.82 Å². The number of likely N-dealkylation sites (tertiary alicyclic amines) is 1. The highest BCUT2D eigenvalue weighted by Gasteiger charge is 2.30. The van der Waals surface area contributed by atoms with E-state index >= 15 is 0 Å². The van der Waals surface area contributed by atoms with Crippen LogP contribution in [0.1, 0.15) is 29.5 Å². The van der Waals surface area contributed by atoms with Gasteiger partial charge in [0.25, 0.3) is 0 Å². The predicted molar refractivity (Wildman–Crippen MR) is 102 cm³/mol. The molecule has 0 spiro atoms. The Morgan fingerprint density at radius 1 is 1.15 bits per heavy atom. The van der Waals surface area contributed by atoms with Crippen molar-refractivity contribution >= 4 is 0 Å². The van der Waals surface area contributed by atoms with Crippen molar-refractivity contribution in [3.8, 4) is 5.75 Å². The van der Waals surface area contributed by atoms with Crippen molar-refractivity contribution in [1.29, 1.82) is 0 Å². The van der Waals surface area contributed by atoms with Crippen molar-refractivity contribution in [3.63, 3.8) is 0 Å². The van der Waals surface area contributed by atoms with Gasteiger partial charge in [-0.15, -0.1) is 0 Å². The molecular weight excluding hydrogens is 327 g/mol. The lowest BCUT2D eigenvalue weighted by atomic mass is 10.0. The van der Waals surface area contributed by atoms with Gasteiger partial charge in [0.1, 0.15) is 11.6 Å². The summed E-state index contributed by atoms with van der Waals surface area (Å²) in [7, 11) is 1.56. The number of halogens is 1. The zero-order valence-corrected chi connectivity index (χ0v) is 15.4. The molecule has 0 amide bonds. The number of methoxy groups -OCH3 is 1. The Morgan fingerprint density at radius 3 is 2.62 bits per heavy atom. The van der Waals surface area contributed by atoms with E-state index in [0.29, 0.717) is 29.9 Å². The Labute approximate surface area is 155 Å². The lowest BCUT2D eigenvalue weighted by molar-refractivity contribution is 0.140. The fourth-order valence-electron chi connectivity index (χ4n) is 4.35. The van der Waals surface area contributed by atoms with Gasteiger partial charge in [-0.05, 0) is 49.4 Å². The summed E-state index contributed by atoms with van der Waals surface area (Å²) in [5.41, 5.74) is 3.72. The predicted octanol–water partition coefficient (Wildman–Crippen LogP) is 3.56. The van der Waals surface area contributed by atoms with E-state index in [1.807, 2.05) is 12.1 Å². The van der Waals surface area contributed by atoms with E-state index in [9.17, 15) is 4.39 Å². The standard InChI is InChI=1S/C22H27FN2O/c1-26-21-9-8-18(22(23)13-21)14-24-19-7-4-10-25(15-19)20-11-16-5-2-3-6-17(16)12-20/h2-3,5-6,8-9,13,19-20,24H,4,7,10-12,14-15H2,1H3. The molecule has 0 saturated carbocycles. The van der Waals surface area contributed by atoms with Crippen LogP contribution in [0.5, 0.6) is 5.75 Å². The molecule has 0 bridgehead atoms. The largest absolute Gasteiger partial charge is 0.497 e. The summed E-state index contributed by atoms with van der Waals surface area (Å²) in [4.78, 5) is 2.63. The van der Waals surface area contributed by atoms with Crippen LogP contribution in [0.15, 0.2) is 42.5 Å². The molecule has 3 nitrogen and oxygen atoms in total. The molecule has 1 fully saturated rings. The van der Waals surface area contributed by atoms with Gasteiger partial charge in [-0.2, -0.15) is 0 Å². The maximum atomic E-state index is 14.1. The monoisotopic (exact) mass is 354 g/mol. The molecule has 1 heterocycles. The molecule has 1 aliphatic heterocycles. The maximum Gasteiger partial charge on any atom is 0.131 e. The molecule has 1 unspecified atom stereocenters. The molecular formula is C22H27FN2O. The Hall–Kier alpha value is -1.91. The molecule has 0 aromatic heterocycles. The number of nitrogens with one attached hydrogen (secondary N) is 1. The second-order valence-electron chi connectivity index (χ2n) is 7.50. The molecule has 26 heavy (non-hydrogen) atoms. The summed E-state index contributed by atoms with van der Waals surface area (Å²) in [6.07, 6.45) is 4.69. The molecule has 1 aliphatic carbocycles. The highest BCUT2D eigenvalue weighted by atomic mass is 19.1. The summed E-state index contributed by atoms with van der Waals surface area (Å²) in [5, 5.41) is 3.57. The van der Waals surface area contributed by atoms with Gasteiger partial charge >= 0.3 is 0 Å². The fourth-order valence-corrected chi connectivity index (χ4v) is 4.35. The topological polar surface area (TPSA) is 24.5 Å². The van der Waals surface area contributed by atoms with E-state index in [0.717, 1.165) is 25.8 Å². The van der Waals surface area contributed by atoms with Crippen LogP contribution in [0.4, 0.5) is 4.39 Å². The Balaban J connectivity index is 1.33. The zero-order chi connectivity index (χ0) is 17.9. The molecule has 2 aromatic carbocycles.